The number of hydrogen-bond acceptors (Lipinski definition) is 7. The van der Waals surface area contributed by atoms with Gasteiger partial charge in [-0.2, -0.15) is 0 Å². The zero-order chi connectivity index (χ0) is 33.7. The first-order chi connectivity index (χ1) is 23.2. The molecule has 0 amide bonds. The Morgan fingerprint density at radius 3 is 1.96 bits per heavy atom. The molecule has 7 rings (SSSR count). The topological polar surface area (TPSA) is 82.4 Å². The fourth-order valence-electron chi connectivity index (χ4n) is 7.87. The van der Waals surface area contributed by atoms with Crippen molar-refractivity contribution in [3.8, 4) is 11.5 Å². The van der Waals surface area contributed by atoms with Gasteiger partial charge in [-0.05, 0) is 91.6 Å². The van der Waals surface area contributed by atoms with Crippen LogP contribution in [0.15, 0.2) is 66.8 Å². The van der Waals surface area contributed by atoms with Crippen LogP contribution in [0.5, 0.6) is 11.5 Å². The summed E-state index contributed by atoms with van der Waals surface area (Å²) in [7, 11) is 0. The van der Waals surface area contributed by atoms with Crippen molar-refractivity contribution in [1.82, 2.24) is 0 Å². The number of fused-ring (bicyclic) bond motifs is 1. The monoisotopic (exact) mass is 650 g/mol. The van der Waals surface area contributed by atoms with Gasteiger partial charge in [-0.3, -0.25) is 0 Å². The van der Waals surface area contributed by atoms with E-state index in [4.69, 9.17) is 28.4 Å². The quantitative estimate of drug-likeness (QED) is 0.0861. The lowest BCUT2D eigenvalue weighted by molar-refractivity contribution is -0.140. The Bertz CT molecular complexity index is 1750. The van der Waals surface area contributed by atoms with Crippen molar-refractivity contribution >= 4 is 5.97 Å². The highest BCUT2D eigenvalue weighted by Crippen LogP contribution is 2.61. The van der Waals surface area contributed by atoms with E-state index in [1.165, 1.54) is 5.56 Å². The van der Waals surface area contributed by atoms with Gasteiger partial charge in [-0.1, -0.05) is 54.6 Å². The van der Waals surface area contributed by atoms with Crippen LogP contribution in [0.1, 0.15) is 62.9 Å². The van der Waals surface area contributed by atoms with E-state index >= 15 is 0 Å². The minimum atomic E-state index is -0.692. The summed E-state index contributed by atoms with van der Waals surface area (Å²) in [6.07, 6.45) is 4.26. The third-order valence-corrected chi connectivity index (χ3v) is 10.5. The van der Waals surface area contributed by atoms with Gasteiger partial charge in [-0.15, -0.1) is 6.58 Å². The summed E-state index contributed by atoms with van der Waals surface area (Å²) in [6, 6.07) is 15.4. The molecule has 7 heteroatoms. The van der Waals surface area contributed by atoms with Crippen LogP contribution in [0.4, 0.5) is 0 Å². The summed E-state index contributed by atoms with van der Waals surface area (Å²) >= 11 is 0. The molecular weight excluding hydrogens is 604 g/mol. The maximum atomic E-state index is 13.9. The van der Waals surface area contributed by atoms with E-state index in [0.29, 0.717) is 25.4 Å². The minimum absolute atomic E-state index is 0.0174. The average molecular weight is 651 g/mol. The normalized spacial score (nSPS) is 26.9. The molecule has 3 heterocycles. The standard InChI is InChI=1S/C41H46O7/c1-8-32(40(42)48-22-31-19-45-31)37-33-12-10-11-13-35(33)41(34(37)9-2,28-14-23(3)38(24(4)15-28)46-20-29-17-43-29)36-16-25(5)39(27(7)26(36)6)47-21-30-18-44-30/h8-16,29-31,34,37H,2,17-22H2,1,3-7H3/b32-8+. The van der Waals surface area contributed by atoms with E-state index in [2.05, 4.69) is 83.7 Å². The number of epoxide rings is 3. The zero-order valence-corrected chi connectivity index (χ0v) is 28.9. The summed E-state index contributed by atoms with van der Waals surface area (Å²) in [6.45, 7) is 20.5. The molecule has 6 atom stereocenters. The lowest BCUT2D eigenvalue weighted by Crippen LogP contribution is -2.37. The third kappa shape index (κ3) is 5.76. The second kappa shape index (κ2) is 12.8. The van der Waals surface area contributed by atoms with Crippen molar-refractivity contribution < 1.29 is 33.2 Å². The maximum Gasteiger partial charge on any atom is 0.334 e. The average Bonchev–Trinajstić information content (AvgIpc) is 3.93. The molecule has 3 aromatic rings. The third-order valence-electron chi connectivity index (χ3n) is 10.5. The molecule has 3 saturated heterocycles. The summed E-state index contributed by atoms with van der Waals surface area (Å²) in [4.78, 5) is 13.9. The molecule has 3 fully saturated rings. The minimum Gasteiger partial charge on any atom is -0.490 e. The van der Waals surface area contributed by atoms with Gasteiger partial charge < -0.3 is 28.4 Å². The van der Waals surface area contributed by atoms with Crippen LogP contribution in [0, 0.1) is 40.5 Å². The van der Waals surface area contributed by atoms with Crippen molar-refractivity contribution in [2.24, 2.45) is 5.92 Å². The van der Waals surface area contributed by atoms with E-state index in [1.807, 2.05) is 19.1 Å². The lowest BCUT2D eigenvalue weighted by atomic mass is 9.61. The maximum absolute atomic E-state index is 13.9. The summed E-state index contributed by atoms with van der Waals surface area (Å²) in [5.41, 5.74) is 9.89. The molecule has 3 aromatic carbocycles. The van der Waals surface area contributed by atoms with Crippen molar-refractivity contribution in [1.29, 1.82) is 0 Å². The molecular formula is C41H46O7. The molecule has 0 aromatic heterocycles. The molecule has 0 spiro atoms. The number of ether oxygens (including phenoxy) is 6. The Labute approximate surface area is 283 Å². The number of rotatable bonds is 13. The number of carbonyl (C=O) groups excluding carboxylic acids is 1. The first kappa shape index (κ1) is 32.6. The Balaban J connectivity index is 1.44. The van der Waals surface area contributed by atoms with Crippen LogP contribution in [0.25, 0.3) is 0 Å². The van der Waals surface area contributed by atoms with Gasteiger partial charge in [0.05, 0.1) is 25.2 Å². The molecule has 1 aliphatic carbocycles. The molecule has 252 valence electrons. The smallest absolute Gasteiger partial charge is 0.334 e. The predicted octanol–water partition coefficient (Wildman–Crippen LogP) is 6.91. The van der Waals surface area contributed by atoms with E-state index in [9.17, 15) is 4.79 Å². The Hall–Kier alpha value is -3.91. The highest BCUT2D eigenvalue weighted by molar-refractivity contribution is 5.91. The van der Waals surface area contributed by atoms with Crippen molar-refractivity contribution in [3.63, 3.8) is 0 Å². The summed E-state index contributed by atoms with van der Waals surface area (Å²) in [5.74, 6) is 0.961. The number of allylic oxidation sites excluding steroid dienone is 2. The number of carbonyl (C=O) groups is 1. The second-order valence-electron chi connectivity index (χ2n) is 13.7. The molecule has 4 aliphatic rings. The van der Waals surface area contributed by atoms with Gasteiger partial charge in [-0.25, -0.2) is 4.79 Å². The number of aryl methyl sites for hydroxylation is 3. The largest absolute Gasteiger partial charge is 0.490 e. The lowest BCUT2D eigenvalue weighted by Gasteiger charge is -2.41. The Morgan fingerprint density at radius 1 is 0.812 bits per heavy atom. The first-order valence-electron chi connectivity index (χ1n) is 17.1. The van der Waals surface area contributed by atoms with Crippen molar-refractivity contribution in [2.75, 3.05) is 39.6 Å². The van der Waals surface area contributed by atoms with Gasteiger partial charge in [0.1, 0.15) is 49.6 Å². The van der Waals surface area contributed by atoms with Gasteiger partial charge in [0.15, 0.2) is 0 Å². The van der Waals surface area contributed by atoms with Gasteiger partial charge in [0.2, 0.25) is 0 Å². The predicted molar refractivity (Wildman–Crippen MR) is 184 cm³/mol. The highest BCUT2D eigenvalue weighted by Gasteiger charge is 2.55. The fourth-order valence-corrected chi connectivity index (χ4v) is 7.87. The molecule has 0 N–H and O–H groups in total. The van der Waals surface area contributed by atoms with Crippen LogP contribution < -0.4 is 9.47 Å². The summed E-state index contributed by atoms with van der Waals surface area (Å²) < 4.78 is 34.7. The molecule has 7 nitrogen and oxygen atoms in total. The molecule has 0 bridgehead atoms. The van der Waals surface area contributed by atoms with Crippen LogP contribution in [0.3, 0.4) is 0 Å². The van der Waals surface area contributed by atoms with Crippen LogP contribution in [-0.2, 0) is 29.2 Å². The first-order valence-corrected chi connectivity index (χ1v) is 17.1. The molecule has 0 radical (unpaired) electrons. The van der Waals surface area contributed by atoms with E-state index in [-0.39, 0.29) is 42.7 Å². The zero-order valence-electron chi connectivity index (χ0n) is 28.9. The second-order valence-corrected chi connectivity index (χ2v) is 13.7. The number of benzene rings is 3. The molecule has 48 heavy (non-hydrogen) atoms. The molecule has 6 unspecified atom stereocenters. The van der Waals surface area contributed by atoms with Crippen LogP contribution in [-0.4, -0.2) is 63.9 Å². The Morgan fingerprint density at radius 2 is 1.38 bits per heavy atom. The van der Waals surface area contributed by atoms with E-state index < -0.39 is 5.41 Å². The molecule has 0 saturated carbocycles. The van der Waals surface area contributed by atoms with Crippen molar-refractivity contribution in [3.05, 3.63) is 117 Å². The van der Waals surface area contributed by atoms with Gasteiger partial charge in [0.25, 0.3) is 0 Å². The summed E-state index contributed by atoms with van der Waals surface area (Å²) in [5, 5.41) is 0. The number of hydrogen-bond donors (Lipinski definition) is 0. The van der Waals surface area contributed by atoms with Crippen molar-refractivity contribution in [2.45, 2.75) is 71.2 Å². The van der Waals surface area contributed by atoms with Crippen LogP contribution in [0.2, 0.25) is 0 Å². The van der Waals surface area contributed by atoms with E-state index in [1.54, 1.807) is 0 Å². The highest BCUT2D eigenvalue weighted by atomic mass is 16.6. The van der Waals surface area contributed by atoms with Crippen LogP contribution >= 0.6 is 0 Å². The fraction of sp³-hybridized carbons (Fsp3) is 0.439. The molecule has 3 aliphatic heterocycles. The van der Waals surface area contributed by atoms with E-state index in [0.717, 1.165) is 69.2 Å². The Kier molecular flexibility index (Phi) is 8.73. The van der Waals surface area contributed by atoms with Gasteiger partial charge in [0, 0.05) is 17.4 Å². The number of esters is 1. The SMILES string of the molecule is C=CC1C(/C(=C\C)C(=O)OCC2CO2)c2ccccc2C1(c1cc(C)c(OCC2CO2)c(C)c1)c1cc(C)c(OCC2CO2)c(C)c1C. The van der Waals surface area contributed by atoms with Gasteiger partial charge >= 0.3 is 5.97 Å².